The van der Waals surface area contributed by atoms with Gasteiger partial charge in [-0.2, -0.15) is 0 Å². The summed E-state index contributed by atoms with van der Waals surface area (Å²) in [4.78, 5) is 0. The highest BCUT2D eigenvalue weighted by molar-refractivity contribution is 5.43. The van der Waals surface area contributed by atoms with Crippen LogP contribution in [0.3, 0.4) is 0 Å². The summed E-state index contributed by atoms with van der Waals surface area (Å²) in [5.41, 5.74) is 5.61. The summed E-state index contributed by atoms with van der Waals surface area (Å²) in [6.07, 6.45) is 0. The van der Waals surface area contributed by atoms with E-state index in [4.69, 9.17) is 15.2 Å². The number of aromatic hydroxyl groups is 1. The highest BCUT2D eigenvalue weighted by Crippen LogP contribution is 2.33. The highest BCUT2D eigenvalue weighted by Gasteiger charge is 2.27. The molecule has 0 bridgehead atoms. The predicted molar refractivity (Wildman–Crippen MR) is 58.1 cm³/mol. The Balaban J connectivity index is 3.14. The lowest BCUT2D eigenvalue weighted by Crippen LogP contribution is -2.33. The molecule has 3 N–H and O–H groups in total. The molecule has 0 amide bonds. The minimum Gasteiger partial charge on any atom is -0.507 e. The van der Waals surface area contributed by atoms with Gasteiger partial charge in [-0.25, -0.2) is 0 Å². The zero-order valence-electron chi connectivity index (χ0n) is 9.28. The van der Waals surface area contributed by atoms with E-state index in [0.29, 0.717) is 17.9 Å². The van der Waals surface area contributed by atoms with Gasteiger partial charge >= 0.3 is 0 Å². The van der Waals surface area contributed by atoms with Crippen LogP contribution in [-0.4, -0.2) is 25.9 Å². The van der Waals surface area contributed by atoms with Crippen molar-refractivity contribution in [2.24, 2.45) is 5.73 Å². The summed E-state index contributed by atoms with van der Waals surface area (Å²) in [6, 6.07) is 5.06. The van der Waals surface area contributed by atoms with Crippen LogP contribution in [0.15, 0.2) is 18.2 Å². The number of methoxy groups -OCH3 is 2. The average Bonchev–Trinajstić information content (AvgIpc) is 2.27. The molecule has 0 aliphatic heterocycles. The van der Waals surface area contributed by atoms with E-state index in [0.717, 1.165) is 0 Å². The third kappa shape index (κ3) is 2.22. The van der Waals surface area contributed by atoms with E-state index in [2.05, 4.69) is 0 Å². The molecule has 0 saturated heterocycles. The molecule has 0 saturated carbocycles. The van der Waals surface area contributed by atoms with E-state index in [1.165, 1.54) is 0 Å². The van der Waals surface area contributed by atoms with Crippen molar-refractivity contribution in [3.8, 4) is 11.5 Å². The van der Waals surface area contributed by atoms with Crippen LogP contribution >= 0.6 is 0 Å². The molecule has 84 valence electrons. The van der Waals surface area contributed by atoms with E-state index in [-0.39, 0.29) is 5.75 Å². The van der Waals surface area contributed by atoms with Crippen molar-refractivity contribution in [3.63, 3.8) is 0 Å². The van der Waals surface area contributed by atoms with Gasteiger partial charge < -0.3 is 20.3 Å². The smallest absolute Gasteiger partial charge is 0.125 e. The Labute approximate surface area is 89.6 Å². The molecule has 1 unspecified atom stereocenters. The van der Waals surface area contributed by atoms with Gasteiger partial charge in [-0.3, -0.25) is 0 Å². The number of hydrogen-bond acceptors (Lipinski definition) is 4. The van der Waals surface area contributed by atoms with Crippen LogP contribution in [0.5, 0.6) is 11.5 Å². The van der Waals surface area contributed by atoms with Crippen molar-refractivity contribution < 1.29 is 14.6 Å². The van der Waals surface area contributed by atoms with Gasteiger partial charge in [-0.05, 0) is 19.1 Å². The van der Waals surface area contributed by atoms with E-state index in [1.54, 1.807) is 32.4 Å². The third-order valence-electron chi connectivity index (χ3n) is 2.61. The molecule has 15 heavy (non-hydrogen) atoms. The molecule has 1 aromatic rings. The molecule has 0 radical (unpaired) electrons. The molecule has 0 aliphatic rings. The molecule has 1 rings (SSSR count). The summed E-state index contributed by atoms with van der Waals surface area (Å²) >= 11 is 0. The zero-order chi connectivity index (χ0) is 11.5. The number of benzene rings is 1. The number of hydrogen-bond donors (Lipinski definition) is 2. The second-order valence-corrected chi connectivity index (χ2v) is 3.52. The summed E-state index contributed by atoms with van der Waals surface area (Å²) < 4.78 is 10.3. The monoisotopic (exact) mass is 211 g/mol. The van der Waals surface area contributed by atoms with E-state index in [9.17, 15) is 5.11 Å². The molecule has 4 nitrogen and oxygen atoms in total. The maximum absolute atomic E-state index is 9.80. The number of nitrogens with two attached hydrogens (primary N) is 1. The van der Waals surface area contributed by atoms with Crippen molar-refractivity contribution in [1.82, 2.24) is 0 Å². The lowest BCUT2D eigenvalue weighted by molar-refractivity contribution is 0.00823. The molecule has 0 aromatic heterocycles. The van der Waals surface area contributed by atoms with E-state index in [1.807, 2.05) is 6.92 Å². The highest BCUT2D eigenvalue weighted by atomic mass is 16.5. The van der Waals surface area contributed by atoms with Crippen LogP contribution in [0.25, 0.3) is 0 Å². The standard InChI is InChI=1S/C11H17NO3/c1-11(7-12,15-3)9-5-4-8(14-2)6-10(9)13/h4-6,13H,7,12H2,1-3H3. The van der Waals surface area contributed by atoms with Gasteiger partial charge in [0.15, 0.2) is 0 Å². The topological polar surface area (TPSA) is 64.7 Å². The Morgan fingerprint density at radius 2 is 2.07 bits per heavy atom. The number of phenols is 1. The fourth-order valence-corrected chi connectivity index (χ4v) is 1.39. The Kier molecular flexibility index (Phi) is 3.55. The molecule has 0 fully saturated rings. The minimum atomic E-state index is -0.670. The average molecular weight is 211 g/mol. The molecule has 4 heteroatoms. The third-order valence-corrected chi connectivity index (χ3v) is 2.61. The van der Waals surface area contributed by atoms with Gasteiger partial charge in [-0.15, -0.1) is 0 Å². The summed E-state index contributed by atoms with van der Waals surface area (Å²) in [7, 11) is 3.11. The molecule has 0 aliphatic carbocycles. The first-order valence-corrected chi connectivity index (χ1v) is 4.70. The van der Waals surface area contributed by atoms with Gasteiger partial charge in [0.25, 0.3) is 0 Å². The normalized spacial score (nSPS) is 14.7. The number of phenolic OH excluding ortho intramolecular Hbond substituents is 1. The molecule has 1 atom stereocenters. The fraction of sp³-hybridized carbons (Fsp3) is 0.455. The van der Waals surface area contributed by atoms with Crippen molar-refractivity contribution in [2.45, 2.75) is 12.5 Å². The molecular formula is C11H17NO3. The molecule has 0 heterocycles. The largest absolute Gasteiger partial charge is 0.507 e. The van der Waals surface area contributed by atoms with Crippen LogP contribution in [0.1, 0.15) is 12.5 Å². The Morgan fingerprint density at radius 1 is 1.40 bits per heavy atom. The number of rotatable bonds is 4. The van der Waals surface area contributed by atoms with Crippen molar-refractivity contribution in [3.05, 3.63) is 23.8 Å². The predicted octanol–water partition coefficient (Wildman–Crippen LogP) is 1.22. The van der Waals surface area contributed by atoms with Crippen LogP contribution in [0, 0.1) is 0 Å². The van der Waals surface area contributed by atoms with Crippen molar-refractivity contribution in [2.75, 3.05) is 20.8 Å². The van der Waals surface area contributed by atoms with Crippen molar-refractivity contribution in [1.29, 1.82) is 0 Å². The van der Waals surface area contributed by atoms with Crippen LogP contribution in [-0.2, 0) is 10.3 Å². The Hall–Kier alpha value is -1.26. The SMILES string of the molecule is COc1ccc(C(C)(CN)OC)c(O)c1. The quantitative estimate of drug-likeness (QED) is 0.786. The molecule has 0 spiro atoms. The fourth-order valence-electron chi connectivity index (χ4n) is 1.39. The first-order valence-electron chi connectivity index (χ1n) is 4.70. The second kappa shape index (κ2) is 4.51. The summed E-state index contributed by atoms with van der Waals surface area (Å²) in [5.74, 6) is 0.732. The first-order chi connectivity index (χ1) is 7.07. The van der Waals surface area contributed by atoms with Crippen LogP contribution in [0.2, 0.25) is 0 Å². The van der Waals surface area contributed by atoms with Crippen LogP contribution < -0.4 is 10.5 Å². The van der Waals surface area contributed by atoms with Gasteiger partial charge in [0.1, 0.15) is 17.1 Å². The lowest BCUT2D eigenvalue weighted by atomic mass is 9.95. The van der Waals surface area contributed by atoms with Gasteiger partial charge in [-0.1, -0.05) is 0 Å². The van der Waals surface area contributed by atoms with Gasteiger partial charge in [0.05, 0.1) is 7.11 Å². The van der Waals surface area contributed by atoms with Crippen LogP contribution in [0.4, 0.5) is 0 Å². The number of ether oxygens (including phenoxy) is 2. The van der Waals surface area contributed by atoms with Gasteiger partial charge in [0, 0.05) is 25.3 Å². The lowest BCUT2D eigenvalue weighted by Gasteiger charge is -2.27. The summed E-state index contributed by atoms with van der Waals surface area (Å²) in [5, 5.41) is 9.80. The molecule has 1 aromatic carbocycles. The van der Waals surface area contributed by atoms with E-state index < -0.39 is 5.60 Å². The zero-order valence-corrected chi connectivity index (χ0v) is 9.28. The summed E-state index contributed by atoms with van der Waals surface area (Å²) in [6.45, 7) is 2.12. The maximum Gasteiger partial charge on any atom is 0.125 e. The second-order valence-electron chi connectivity index (χ2n) is 3.52. The molecular weight excluding hydrogens is 194 g/mol. The maximum atomic E-state index is 9.80. The van der Waals surface area contributed by atoms with Gasteiger partial charge in [0.2, 0.25) is 0 Å². The van der Waals surface area contributed by atoms with E-state index >= 15 is 0 Å². The minimum absolute atomic E-state index is 0.129. The Bertz CT molecular complexity index is 335. The van der Waals surface area contributed by atoms with Crippen molar-refractivity contribution >= 4 is 0 Å². The Morgan fingerprint density at radius 3 is 2.47 bits per heavy atom. The first kappa shape index (κ1) is 11.8.